The van der Waals surface area contributed by atoms with Crippen LogP contribution < -0.4 is 0 Å². The largest absolute Gasteiger partial charge is 0.0616 e. The minimum Gasteiger partial charge on any atom is -0.0616 e. The van der Waals surface area contributed by atoms with Crippen molar-refractivity contribution in [2.75, 3.05) is 0 Å². The third kappa shape index (κ3) is 2.90. The Hall–Kier alpha value is -2.60. The first-order chi connectivity index (χ1) is 12.5. The van der Waals surface area contributed by atoms with Gasteiger partial charge in [0.2, 0.25) is 0 Å². The second-order valence-corrected chi connectivity index (χ2v) is 7.89. The fraction of sp³-hybridized carbons (Fsp3) is 0.231. The highest BCUT2D eigenvalue weighted by atomic mass is 14.2. The van der Waals surface area contributed by atoms with Crippen LogP contribution in [0.2, 0.25) is 0 Å². The van der Waals surface area contributed by atoms with Crippen LogP contribution in [0.15, 0.2) is 72.8 Å². The van der Waals surface area contributed by atoms with Crippen LogP contribution in [-0.2, 0) is 0 Å². The summed E-state index contributed by atoms with van der Waals surface area (Å²) in [5.41, 5.74) is 5.54. The molecule has 130 valence electrons. The Morgan fingerprint density at radius 3 is 1.46 bits per heavy atom. The van der Waals surface area contributed by atoms with Crippen molar-refractivity contribution in [1.82, 2.24) is 0 Å². The molecule has 0 saturated carbocycles. The Kier molecular flexibility index (Phi) is 4.28. The third-order valence-corrected chi connectivity index (χ3v) is 5.37. The Bertz CT molecular complexity index is 1000. The fourth-order valence-electron chi connectivity index (χ4n) is 3.81. The molecule has 0 amide bonds. The van der Waals surface area contributed by atoms with E-state index in [0.29, 0.717) is 11.8 Å². The summed E-state index contributed by atoms with van der Waals surface area (Å²) in [6.45, 7) is 9.13. The molecule has 4 aromatic rings. The third-order valence-electron chi connectivity index (χ3n) is 5.37. The maximum atomic E-state index is 2.39. The smallest absolute Gasteiger partial charge is 0.00266 e. The summed E-state index contributed by atoms with van der Waals surface area (Å²) >= 11 is 0. The van der Waals surface area contributed by atoms with Crippen LogP contribution in [-0.4, -0.2) is 0 Å². The van der Waals surface area contributed by atoms with Crippen LogP contribution in [0.1, 0.15) is 50.7 Å². The molecule has 0 radical (unpaired) electrons. The first-order valence-corrected chi connectivity index (χ1v) is 9.60. The van der Waals surface area contributed by atoms with Gasteiger partial charge in [-0.2, -0.15) is 0 Å². The van der Waals surface area contributed by atoms with Crippen LogP contribution in [0.5, 0.6) is 0 Å². The van der Waals surface area contributed by atoms with Crippen LogP contribution >= 0.6 is 0 Å². The number of hydrogen-bond acceptors (Lipinski definition) is 0. The number of fused-ring (bicyclic) bond motifs is 2. The molecule has 0 aliphatic heterocycles. The van der Waals surface area contributed by atoms with Crippen molar-refractivity contribution in [3.63, 3.8) is 0 Å². The highest BCUT2D eigenvalue weighted by molar-refractivity contribution is 6.12. The van der Waals surface area contributed by atoms with Crippen molar-refractivity contribution in [2.45, 2.75) is 39.5 Å². The van der Waals surface area contributed by atoms with Crippen LogP contribution in [0.3, 0.4) is 0 Å². The molecule has 0 nitrogen and oxygen atoms in total. The van der Waals surface area contributed by atoms with Crippen molar-refractivity contribution in [1.29, 1.82) is 0 Å². The van der Waals surface area contributed by atoms with Crippen LogP contribution in [0, 0.1) is 0 Å². The van der Waals surface area contributed by atoms with E-state index < -0.39 is 0 Å². The van der Waals surface area contributed by atoms with Crippen molar-refractivity contribution in [3.05, 3.63) is 83.9 Å². The van der Waals surface area contributed by atoms with Crippen molar-refractivity contribution < 1.29 is 0 Å². The maximum absolute atomic E-state index is 2.39. The summed E-state index contributed by atoms with van der Waals surface area (Å²) in [5.74, 6) is 1.04. The quantitative estimate of drug-likeness (QED) is 0.333. The molecule has 0 atom stereocenters. The fourth-order valence-corrected chi connectivity index (χ4v) is 3.81. The Balaban J connectivity index is 2.13. The van der Waals surface area contributed by atoms with E-state index in [0.717, 1.165) is 0 Å². The Labute approximate surface area is 156 Å². The summed E-state index contributed by atoms with van der Waals surface area (Å²) in [4.78, 5) is 0. The highest BCUT2D eigenvalue weighted by Crippen LogP contribution is 2.38. The lowest BCUT2D eigenvalue weighted by molar-refractivity contribution is 0.835. The average Bonchev–Trinajstić information content (AvgIpc) is 2.65. The highest BCUT2D eigenvalue weighted by Gasteiger charge is 2.13. The second-order valence-electron chi connectivity index (χ2n) is 7.89. The zero-order valence-electron chi connectivity index (χ0n) is 16.1. The molecule has 0 heterocycles. The Morgan fingerprint density at radius 1 is 0.538 bits per heavy atom. The monoisotopic (exact) mass is 338 g/mol. The molecule has 0 fully saturated rings. The van der Waals surface area contributed by atoms with Crippen LogP contribution in [0.25, 0.3) is 32.7 Å². The van der Waals surface area contributed by atoms with E-state index >= 15 is 0 Å². The van der Waals surface area contributed by atoms with E-state index in [1.807, 2.05) is 0 Å². The minimum absolute atomic E-state index is 0.522. The molecule has 0 heteroatoms. The molecule has 26 heavy (non-hydrogen) atoms. The molecule has 0 aliphatic carbocycles. The van der Waals surface area contributed by atoms with Gasteiger partial charge >= 0.3 is 0 Å². The molecule has 4 rings (SSSR count). The van der Waals surface area contributed by atoms with E-state index in [1.54, 1.807) is 0 Å². The first-order valence-electron chi connectivity index (χ1n) is 9.60. The van der Waals surface area contributed by atoms with Crippen molar-refractivity contribution in [3.8, 4) is 11.1 Å². The van der Waals surface area contributed by atoms with Gasteiger partial charge in [-0.3, -0.25) is 0 Å². The number of rotatable bonds is 3. The lowest BCUT2D eigenvalue weighted by Crippen LogP contribution is -1.96. The van der Waals surface area contributed by atoms with Gasteiger partial charge in [-0.15, -0.1) is 0 Å². The predicted octanol–water partition coefficient (Wildman–Crippen LogP) is 7.91. The summed E-state index contributed by atoms with van der Waals surface area (Å²) in [6.07, 6.45) is 0. The zero-order chi connectivity index (χ0) is 18.3. The predicted molar refractivity (Wildman–Crippen MR) is 115 cm³/mol. The molecule has 0 aliphatic rings. The van der Waals surface area contributed by atoms with Crippen LogP contribution in [0.4, 0.5) is 0 Å². The molecule has 0 spiro atoms. The minimum atomic E-state index is 0.522. The maximum Gasteiger partial charge on any atom is -0.00266 e. The molecular formula is C26H26. The standard InChI is InChI=1S/C26H26/c1-17(2)21-14-22(18(3)4)16-23(15-21)26-24-11-7-5-9-19(24)13-20-10-6-8-12-25(20)26/h5-18H,1-4H3. The van der Waals surface area contributed by atoms with Gasteiger partial charge in [0, 0.05) is 0 Å². The average molecular weight is 338 g/mol. The van der Waals surface area contributed by atoms with Crippen molar-refractivity contribution >= 4 is 21.5 Å². The first kappa shape index (κ1) is 16.8. The molecule has 0 bridgehead atoms. The summed E-state index contributed by atoms with van der Waals surface area (Å²) in [7, 11) is 0. The van der Waals surface area contributed by atoms with E-state index in [2.05, 4.69) is 100 Å². The molecule has 0 aromatic heterocycles. The van der Waals surface area contributed by atoms with Gasteiger partial charge in [0.15, 0.2) is 0 Å². The van der Waals surface area contributed by atoms with E-state index in [9.17, 15) is 0 Å². The second kappa shape index (κ2) is 6.61. The van der Waals surface area contributed by atoms with Gasteiger partial charge in [0.25, 0.3) is 0 Å². The summed E-state index contributed by atoms with van der Waals surface area (Å²) < 4.78 is 0. The lowest BCUT2D eigenvalue weighted by atomic mass is 9.87. The number of benzene rings is 4. The van der Waals surface area contributed by atoms with Gasteiger partial charge in [-0.25, -0.2) is 0 Å². The lowest BCUT2D eigenvalue weighted by Gasteiger charge is -2.17. The molecule has 0 N–H and O–H groups in total. The van der Waals surface area contributed by atoms with Gasteiger partial charge in [-0.1, -0.05) is 94.4 Å². The zero-order valence-corrected chi connectivity index (χ0v) is 16.1. The van der Waals surface area contributed by atoms with Crippen molar-refractivity contribution in [2.24, 2.45) is 0 Å². The van der Waals surface area contributed by atoms with E-state index in [1.165, 1.54) is 43.8 Å². The van der Waals surface area contributed by atoms with Gasteiger partial charge in [-0.05, 0) is 61.7 Å². The summed E-state index contributed by atoms with van der Waals surface area (Å²) in [6, 6.07) is 27.0. The molecule has 0 saturated heterocycles. The normalized spacial score (nSPS) is 11.8. The van der Waals surface area contributed by atoms with E-state index in [-0.39, 0.29) is 0 Å². The molecule has 4 aromatic carbocycles. The van der Waals surface area contributed by atoms with Gasteiger partial charge < -0.3 is 0 Å². The number of hydrogen-bond donors (Lipinski definition) is 0. The molecule has 0 unspecified atom stereocenters. The summed E-state index contributed by atoms with van der Waals surface area (Å²) in [5, 5.41) is 5.29. The Morgan fingerprint density at radius 2 is 1.00 bits per heavy atom. The van der Waals surface area contributed by atoms with E-state index in [4.69, 9.17) is 0 Å². The topological polar surface area (TPSA) is 0 Å². The van der Waals surface area contributed by atoms with Gasteiger partial charge in [0.05, 0.1) is 0 Å². The SMILES string of the molecule is CC(C)c1cc(-c2c3ccccc3cc3ccccc23)cc(C(C)C)c1. The van der Waals surface area contributed by atoms with Gasteiger partial charge in [0.1, 0.15) is 0 Å². The molecular weight excluding hydrogens is 312 g/mol.